The van der Waals surface area contributed by atoms with Gasteiger partial charge in [0.15, 0.2) is 0 Å². The van der Waals surface area contributed by atoms with E-state index in [9.17, 15) is 0 Å². The van der Waals surface area contributed by atoms with Gasteiger partial charge in [-0.2, -0.15) is 0 Å². The molecule has 2 heterocycles. The predicted octanol–water partition coefficient (Wildman–Crippen LogP) is 3.96. The lowest BCUT2D eigenvalue weighted by molar-refractivity contribution is 0.339. The van der Waals surface area contributed by atoms with E-state index in [1.54, 1.807) is 6.26 Å². The van der Waals surface area contributed by atoms with E-state index in [0.717, 1.165) is 37.7 Å². The van der Waals surface area contributed by atoms with E-state index in [1.165, 1.54) is 30.5 Å². The second kappa shape index (κ2) is 8.06. The lowest BCUT2D eigenvalue weighted by Crippen LogP contribution is -2.29. The van der Waals surface area contributed by atoms with Crippen molar-refractivity contribution in [2.45, 2.75) is 39.3 Å². The number of nitrogens with one attached hydrogen (secondary N) is 1. The number of benzene rings is 1. The maximum absolute atomic E-state index is 5.90. The van der Waals surface area contributed by atoms with Crippen molar-refractivity contribution in [3.05, 3.63) is 47.9 Å². The summed E-state index contributed by atoms with van der Waals surface area (Å²) in [6.07, 6.45) is 5.60. The number of piperidine rings is 1. The van der Waals surface area contributed by atoms with Crippen molar-refractivity contribution in [2.75, 3.05) is 24.6 Å². The van der Waals surface area contributed by atoms with Crippen LogP contribution in [0.5, 0.6) is 5.75 Å². The maximum Gasteiger partial charge on any atom is 0.142 e. The van der Waals surface area contributed by atoms with E-state index in [2.05, 4.69) is 28.4 Å². The molecule has 1 aromatic heterocycles. The van der Waals surface area contributed by atoms with Crippen LogP contribution in [-0.4, -0.2) is 19.7 Å². The molecule has 0 spiro atoms. The van der Waals surface area contributed by atoms with E-state index in [4.69, 9.17) is 9.15 Å². The molecule has 1 saturated heterocycles. The number of hydrogen-bond donors (Lipinski definition) is 1. The van der Waals surface area contributed by atoms with Crippen LogP contribution in [0.15, 0.2) is 41.0 Å². The van der Waals surface area contributed by atoms with E-state index < -0.39 is 0 Å². The second-order valence-corrected chi connectivity index (χ2v) is 5.97. The van der Waals surface area contributed by atoms with Gasteiger partial charge in [0.05, 0.1) is 25.1 Å². The van der Waals surface area contributed by atoms with Crippen molar-refractivity contribution < 1.29 is 9.15 Å². The Labute approximate surface area is 138 Å². The quantitative estimate of drug-likeness (QED) is 0.839. The Hall–Kier alpha value is -1.94. The highest BCUT2D eigenvalue weighted by atomic mass is 16.5. The van der Waals surface area contributed by atoms with E-state index >= 15 is 0 Å². The third kappa shape index (κ3) is 4.29. The number of nitrogens with zero attached hydrogens (tertiary/aromatic N) is 1. The van der Waals surface area contributed by atoms with E-state index in [-0.39, 0.29) is 0 Å². The van der Waals surface area contributed by atoms with Gasteiger partial charge in [0.1, 0.15) is 11.5 Å². The summed E-state index contributed by atoms with van der Waals surface area (Å²) in [5.74, 6) is 1.96. The Morgan fingerprint density at radius 1 is 1.13 bits per heavy atom. The first-order chi connectivity index (χ1) is 11.4. The molecule has 0 aliphatic carbocycles. The molecular formula is C19H26N2O2. The smallest absolute Gasteiger partial charge is 0.142 e. The monoisotopic (exact) mass is 314 g/mol. The van der Waals surface area contributed by atoms with Crippen LogP contribution in [0.25, 0.3) is 0 Å². The van der Waals surface area contributed by atoms with Crippen LogP contribution in [0.1, 0.15) is 37.5 Å². The molecule has 0 atom stereocenters. The summed E-state index contributed by atoms with van der Waals surface area (Å²) >= 11 is 0. The minimum Gasteiger partial charge on any atom is -0.492 e. The number of hydrogen-bond acceptors (Lipinski definition) is 4. The average Bonchev–Trinajstić information content (AvgIpc) is 3.10. The Balaban J connectivity index is 1.65. The molecule has 0 saturated carbocycles. The SMILES string of the molecule is CCOc1cc(CNCc2ccco2)ccc1N1CCCCC1. The molecule has 1 aromatic carbocycles. The number of rotatable bonds is 7. The van der Waals surface area contributed by atoms with Gasteiger partial charge in [-0.05, 0) is 56.0 Å². The first kappa shape index (κ1) is 15.9. The zero-order chi connectivity index (χ0) is 15.9. The summed E-state index contributed by atoms with van der Waals surface area (Å²) in [6.45, 7) is 6.56. The van der Waals surface area contributed by atoms with E-state index in [1.807, 2.05) is 19.1 Å². The minimum atomic E-state index is 0.699. The van der Waals surface area contributed by atoms with Gasteiger partial charge in [0, 0.05) is 19.6 Å². The molecule has 0 bridgehead atoms. The Morgan fingerprint density at radius 3 is 2.74 bits per heavy atom. The molecule has 0 radical (unpaired) electrons. The summed E-state index contributed by atoms with van der Waals surface area (Å²) in [7, 11) is 0. The number of furan rings is 1. The molecule has 4 nitrogen and oxygen atoms in total. The topological polar surface area (TPSA) is 37.6 Å². The predicted molar refractivity (Wildman–Crippen MR) is 92.9 cm³/mol. The highest BCUT2D eigenvalue weighted by Crippen LogP contribution is 2.31. The molecule has 0 amide bonds. The van der Waals surface area contributed by atoms with Gasteiger partial charge in [-0.3, -0.25) is 0 Å². The van der Waals surface area contributed by atoms with E-state index in [0.29, 0.717) is 6.61 Å². The largest absolute Gasteiger partial charge is 0.492 e. The van der Waals surface area contributed by atoms with Crippen LogP contribution in [0.3, 0.4) is 0 Å². The molecular weight excluding hydrogens is 288 g/mol. The first-order valence-electron chi connectivity index (χ1n) is 8.60. The summed E-state index contributed by atoms with van der Waals surface area (Å²) in [5.41, 5.74) is 2.47. The fourth-order valence-electron chi connectivity index (χ4n) is 3.08. The summed E-state index contributed by atoms with van der Waals surface area (Å²) in [4.78, 5) is 2.45. The van der Waals surface area contributed by atoms with Gasteiger partial charge < -0.3 is 19.4 Å². The van der Waals surface area contributed by atoms with Gasteiger partial charge >= 0.3 is 0 Å². The lowest BCUT2D eigenvalue weighted by atomic mass is 10.1. The van der Waals surface area contributed by atoms with Crippen LogP contribution in [0.4, 0.5) is 5.69 Å². The van der Waals surface area contributed by atoms with Gasteiger partial charge in [-0.25, -0.2) is 0 Å². The molecule has 1 fully saturated rings. The molecule has 23 heavy (non-hydrogen) atoms. The number of anilines is 1. The molecule has 1 aliphatic heterocycles. The molecule has 1 N–H and O–H groups in total. The molecule has 1 aliphatic rings. The first-order valence-corrected chi connectivity index (χ1v) is 8.60. The molecule has 4 heteroatoms. The lowest BCUT2D eigenvalue weighted by Gasteiger charge is -2.30. The molecule has 2 aromatic rings. The third-order valence-corrected chi connectivity index (χ3v) is 4.23. The van der Waals surface area contributed by atoms with Crippen LogP contribution >= 0.6 is 0 Å². The second-order valence-electron chi connectivity index (χ2n) is 5.97. The zero-order valence-corrected chi connectivity index (χ0v) is 13.9. The standard InChI is InChI=1S/C19H26N2O2/c1-2-22-19-13-16(14-20-15-17-7-6-12-23-17)8-9-18(19)21-10-4-3-5-11-21/h6-9,12-13,20H,2-5,10-11,14-15H2,1H3. The van der Waals surface area contributed by atoms with Gasteiger partial charge in [0.2, 0.25) is 0 Å². The van der Waals surface area contributed by atoms with Gasteiger partial charge in [-0.15, -0.1) is 0 Å². The van der Waals surface area contributed by atoms with Crippen molar-refractivity contribution in [1.29, 1.82) is 0 Å². The fraction of sp³-hybridized carbons (Fsp3) is 0.474. The Bertz CT molecular complexity index is 589. The molecule has 124 valence electrons. The zero-order valence-electron chi connectivity index (χ0n) is 13.9. The van der Waals surface area contributed by atoms with Gasteiger partial charge in [0.25, 0.3) is 0 Å². The van der Waals surface area contributed by atoms with Crippen LogP contribution in [-0.2, 0) is 13.1 Å². The van der Waals surface area contributed by atoms with Crippen LogP contribution in [0, 0.1) is 0 Å². The summed E-state index contributed by atoms with van der Waals surface area (Å²) in [5, 5.41) is 3.41. The normalized spacial score (nSPS) is 14.9. The fourth-order valence-corrected chi connectivity index (χ4v) is 3.08. The summed E-state index contributed by atoms with van der Waals surface area (Å²) < 4.78 is 11.2. The van der Waals surface area contributed by atoms with Crippen molar-refractivity contribution in [1.82, 2.24) is 5.32 Å². The minimum absolute atomic E-state index is 0.699. The van der Waals surface area contributed by atoms with Crippen molar-refractivity contribution in [3.8, 4) is 5.75 Å². The van der Waals surface area contributed by atoms with Crippen LogP contribution < -0.4 is 15.0 Å². The maximum atomic E-state index is 5.90. The number of ether oxygens (including phenoxy) is 1. The van der Waals surface area contributed by atoms with Crippen molar-refractivity contribution in [2.24, 2.45) is 0 Å². The highest BCUT2D eigenvalue weighted by molar-refractivity contribution is 5.60. The van der Waals surface area contributed by atoms with Crippen molar-refractivity contribution in [3.63, 3.8) is 0 Å². The van der Waals surface area contributed by atoms with Gasteiger partial charge in [-0.1, -0.05) is 6.07 Å². The average molecular weight is 314 g/mol. The highest BCUT2D eigenvalue weighted by Gasteiger charge is 2.15. The summed E-state index contributed by atoms with van der Waals surface area (Å²) in [6, 6.07) is 10.5. The van der Waals surface area contributed by atoms with Crippen molar-refractivity contribution >= 4 is 5.69 Å². The van der Waals surface area contributed by atoms with Crippen LogP contribution in [0.2, 0.25) is 0 Å². The molecule has 3 rings (SSSR count). The Morgan fingerprint density at radius 2 is 2.00 bits per heavy atom. The third-order valence-electron chi connectivity index (χ3n) is 4.23. The Kier molecular flexibility index (Phi) is 5.59. The molecule has 0 unspecified atom stereocenters.